The Morgan fingerprint density at radius 1 is 1.40 bits per heavy atom. The van der Waals surface area contributed by atoms with Crippen molar-refractivity contribution < 1.29 is 18.8 Å². The summed E-state index contributed by atoms with van der Waals surface area (Å²) in [5.74, 6) is -0.562. The predicted octanol–water partition coefficient (Wildman–Crippen LogP) is 1.78. The lowest BCUT2D eigenvalue weighted by molar-refractivity contribution is -0.385. The van der Waals surface area contributed by atoms with E-state index in [9.17, 15) is 14.5 Å². The maximum absolute atomic E-state index is 13.3. The van der Waals surface area contributed by atoms with Gasteiger partial charge >= 0.3 is 0 Å². The molecule has 2 rings (SSSR count). The second kappa shape index (κ2) is 3.92. The lowest BCUT2D eigenvalue weighted by atomic mass is 10.2. The quantitative estimate of drug-likeness (QED) is 0.555. The molecule has 0 unspecified atom stereocenters. The van der Waals surface area contributed by atoms with Gasteiger partial charge in [-0.25, -0.2) is 4.39 Å². The molecule has 0 aromatic heterocycles. The smallest absolute Gasteiger partial charge is 0.270 e. The van der Waals surface area contributed by atoms with Crippen LogP contribution < -0.4 is 0 Å². The fourth-order valence-electron chi connectivity index (χ4n) is 1.36. The highest BCUT2D eigenvalue weighted by atomic mass is 19.1. The Morgan fingerprint density at radius 3 is 2.67 bits per heavy atom. The van der Waals surface area contributed by atoms with Gasteiger partial charge in [-0.1, -0.05) is 0 Å². The first-order valence-corrected chi connectivity index (χ1v) is 4.35. The van der Waals surface area contributed by atoms with Crippen LogP contribution in [0.2, 0.25) is 0 Å². The van der Waals surface area contributed by atoms with Crippen LogP contribution in [0.1, 0.15) is 11.9 Å². The fourth-order valence-corrected chi connectivity index (χ4v) is 1.36. The maximum Gasteiger partial charge on any atom is 0.270 e. The van der Waals surface area contributed by atoms with Crippen LogP contribution >= 0.6 is 0 Å². The summed E-state index contributed by atoms with van der Waals surface area (Å²) in [6.45, 7) is 0.736. The van der Waals surface area contributed by atoms with E-state index in [0.717, 1.165) is 18.2 Å². The Bertz CT molecular complexity index is 390. The van der Waals surface area contributed by atoms with E-state index in [1.54, 1.807) is 0 Å². The lowest BCUT2D eigenvalue weighted by Gasteiger charge is -2.09. The molecule has 0 atom stereocenters. The summed E-state index contributed by atoms with van der Waals surface area (Å²) in [5.41, 5.74) is -0.104. The van der Waals surface area contributed by atoms with Crippen molar-refractivity contribution in [3.63, 3.8) is 0 Å². The van der Waals surface area contributed by atoms with E-state index in [0.29, 0.717) is 13.2 Å². The molecule has 80 valence electrons. The van der Waals surface area contributed by atoms with Gasteiger partial charge in [-0.3, -0.25) is 10.1 Å². The molecule has 0 bridgehead atoms. The van der Waals surface area contributed by atoms with Crippen molar-refractivity contribution in [1.29, 1.82) is 0 Å². The average Bonchev–Trinajstić information content (AvgIpc) is 2.71. The molecule has 1 aromatic rings. The van der Waals surface area contributed by atoms with Crippen molar-refractivity contribution in [2.75, 3.05) is 13.2 Å². The minimum Gasteiger partial charge on any atom is -0.346 e. The van der Waals surface area contributed by atoms with Gasteiger partial charge < -0.3 is 9.47 Å². The molecule has 0 aliphatic carbocycles. The summed E-state index contributed by atoms with van der Waals surface area (Å²) in [6.07, 6.45) is -0.829. The normalized spacial score (nSPS) is 16.9. The molecule has 0 saturated carbocycles. The van der Waals surface area contributed by atoms with Crippen LogP contribution in [0.15, 0.2) is 18.2 Å². The van der Waals surface area contributed by atoms with E-state index in [1.165, 1.54) is 0 Å². The first-order valence-electron chi connectivity index (χ1n) is 4.35. The largest absolute Gasteiger partial charge is 0.346 e. The Balaban J connectivity index is 2.35. The molecular formula is C9H8FNO4. The number of hydrogen-bond acceptors (Lipinski definition) is 4. The van der Waals surface area contributed by atoms with Crippen LogP contribution in [0.5, 0.6) is 0 Å². The van der Waals surface area contributed by atoms with E-state index in [1.807, 2.05) is 0 Å². The minimum absolute atomic E-state index is 0.0710. The van der Waals surface area contributed by atoms with Gasteiger partial charge in [0.15, 0.2) is 6.29 Å². The van der Waals surface area contributed by atoms with Crippen molar-refractivity contribution in [3.8, 4) is 0 Å². The number of benzene rings is 1. The Hall–Kier alpha value is -1.53. The molecule has 1 aliphatic rings. The summed E-state index contributed by atoms with van der Waals surface area (Å²) in [5, 5.41) is 10.5. The van der Waals surface area contributed by atoms with Crippen LogP contribution in [0.3, 0.4) is 0 Å². The van der Waals surface area contributed by atoms with Crippen LogP contribution in [0.25, 0.3) is 0 Å². The van der Waals surface area contributed by atoms with Crippen molar-refractivity contribution >= 4 is 5.69 Å². The van der Waals surface area contributed by atoms with Gasteiger partial charge in [-0.2, -0.15) is 0 Å². The molecule has 0 N–H and O–H groups in total. The number of halogens is 1. The molecule has 1 heterocycles. The van der Waals surface area contributed by atoms with Gasteiger partial charge in [0.25, 0.3) is 5.69 Å². The molecule has 0 amide bonds. The Labute approximate surface area is 84.6 Å². The predicted molar refractivity (Wildman–Crippen MR) is 47.7 cm³/mol. The first-order chi connectivity index (χ1) is 7.18. The van der Waals surface area contributed by atoms with Crippen LogP contribution in [0, 0.1) is 15.9 Å². The summed E-state index contributed by atoms with van der Waals surface area (Å²) in [4.78, 5) is 9.90. The molecule has 1 fully saturated rings. The molecule has 5 nitrogen and oxygen atoms in total. The van der Waals surface area contributed by atoms with Gasteiger partial charge in [-0.15, -0.1) is 0 Å². The van der Waals surface area contributed by atoms with Crippen molar-refractivity contribution in [1.82, 2.24) is 0 Å². The monoisotopic (exact) mass is 213 g/mol. The van der Waals surface area contributed by atoms with Crippen LogP contribution in [-0.2, 0) is 9.47 Å². The Kier molecular flexibility index (Phi) is 2.61. The van der Waals surface area contributed by atoms with Crippen molar-refractivity contribution in [3.05, 3.63) is 39.7 Å². The number of hydrogen-bond donors (Lipinski definition) is 0. The van der Waals surface area contributed by atoms with Gasteiger partial charge in [0.05, 0.1) is 23.7 Å². The molecule has 0 spiro atoms. The molecule has 15 heavy (non-hydrogen) atoms. The van der Waals surface area contributed by atoms with Crippen LogP contribution in [0.4, 0.5) is 10.1 Å². The van der Waals surface area contributed by atoms with Gasteiger partial charge in [0, 0.05) is 12.1 Å². The molecule has 1 aliphatic heterocycles. The third-order valence-electron chi connectivity index (χ3n) is 2.07. The third-order valence-corrected chi connectivity index (χ3v) is 2.07. The van der Waals surface area contributed by atoms with Crippen LogP contribution in [-0.4, -0.2) is 18.1 Å². The number of nitro benzene ring substituents is 1. The number of ether oxygens (including phenoxy) is 2. The lowest BCUT2D eigenvalue weighted by Crippen LogP contribution is -2.02. The summed E-state index contributed by atoms with van der Waals surface area (Å²) in [6, 6.07) is 3.28. The second-order valence-corrected chi connectivity index (χ2v) is 3.04. The SMILES string of the molecule is O=[N+]([O-])c1ccc(F)c(C2OCCO2)c1. The van der Waals surface area contributed by atoms with E-state index < -0.39 is 17.0 Å². The summed E-state index contributed by atoms with van der Waals surface area (Å²) >= 11 is 0. The average molecular weight is 213 g/mol. The third kappa shape index (κ3) is 1.95. The summed E-state index contributed by atoms with van der Waals surface area (Å²) < 4.78 is 23.4. The highest BCUT2D eigenvalue weighted by Gasteiger charge is 2.24. The van der Waals surface area contributed by atoms with E-state index in [2.05, 4.69) is 0 Å². The highest BCUT2D eigenvalue weighted by molar-refractivity contribution is 5.36. The number of nitro groups is 1. The summed E-state index contributed by atoms with van der Waals surface area (Å²) in [7, 11) is 0. The first kappa shape index (κ1) is 10.0. The van der Waals surface area contributed by atoms with E-state index in [-0.39, 0.29) is 11.3 Å². The fraction of sp³-hybridized carbons (Fsp3) is 0.333. The van der Waals surface area contributed by atoms with Crippen molar-refractivity contribution in [2.45, 2.75) is 6.29 Å². The van der Waals surface area contributed by atoms with E-state index in [4.69, 9.17) is 9.47 Å². The zero-order valence-electron chi connectivity index (χ0n) is 7.68. The minimum atomic E-state index is -0.829. The highest BCUT2D eigenvalue weighted by Crippen LogP contribution is 2.28. The number of rotatable bonds is 2. The Morgan fingerprint density at radius 2 is 2.07 bits per heavy atom. The van der Waals surface area contributed by atoms with E-state index >= 15 is 0 Å². The zero-order chi connectivity index (χ0) is 10.8. The molecular weight excluding hydrogens is 205 g/mol. The van der Waals surface area contributed by atoms with Gasteiger partial charge in [0.1, 0.15) is 5.82 Å². The number of non-ortho nitro benzene ring substituents is 1. The topological polar surface area (TPSA) is 61.6 Å². The molecule has 0 radical (unpaired) electrons. The second-order valence-electron chi connectivity index (χ2n) is 3.04. The maximum atomic E-state index is 13.3. The van der Waals surface area contributed by atoms with Gasteiger partial charge in [-0.05, 0) is 6.07 Å². The van der Waals surface area contributed by atoms with Crippen molar-refractivity contribution in [2.24, 2.45) is 0 Å². The zero-order valence-corrected chi connectivity index (χ0v) is 7.68. The molecule has 6 heteroatoms. The van der Waals surface area contributed by atoms with Gasteiger partial charge in [0.2, 0.25) is 0 Å². The molecule has 1 saturated heterocycles. The number of nitrogens with zero attached hydrogens (tertiary/aromatic N) is 1. The molecule has 1 aromatic carbocycles. The standard InChI is InChI=1S/C9H8FNO4/c10-8-2-1-6(11(12)13)5-7(8)9-14-3-4-15-9/h1-2,5,9H,3-4H2.